The highest BCUT2D eigenvalue weighted by Crippen LogP contribution is 2.22. The molecule has 1 heterocycles. The van der Waals surface area contributed by atoms with Crippen LogP contribution in [0.4, 0.5) is 0 Å². The summed E-state index contributed by atoms with van der Waals surface area (Å²) in [6, 6.07) is 11.9. The zero-order valence-electron chi connectivity index (χ0n) is 13.8. The van der Waals surface area contributed by atoms with Gasteiger partial charge >= 0.3 is 5.97 Å². The highest BCUT2D eigenvalue weighted by atomic mass is 35.5. The van der Waals surface area contributed by atoms with E-state index in [1.165, 1.54) is 18.2 Å². The summed E-state index contributed by atoms with van der Waals surface area (Å²) in [5.74, 6) is -1.48. The minimum Gasteiger partial charge on any atom is -0.507 e. The third-order valence-electron chi connectivity index (χ3n) is 3.90. The van der Waals surface area contributed by atoms with Crippen LogP contribution in [-0.4, -0.2) is 35.1 Å². The summed E-state index contributed by atoms with van der Waals surface area (Å²) in [6.45, 7) is -0.0146. The molecule has 6 nitrogen and oxygen atoms in total. The van der Waals surface area contributed by atoms with Crippen molar-refractivity contribution in [1.29, 1.82) is 0 Å². The van der Waals surface area contributed by atoms with Crippen molar-refractivity contribution in [2.75, 3.05) is 13.2 Å². The van der Waals surface area contributed by atoms with Crippen LogP contribution in [0, 0.1) is 0 Å². The number of halogens is 1. The van der Waals surface area contributed by atoms with Gasteiger partial charge in [-0.05, 0) is 36.2 Å². The summed E-state index contributed by atoms with van der Waals surface area (Å²) in [6.07, 6.45) is 2.57. The average molecular weight is 373 g/mol. The summed E-state index contributed by atoms with van der Waals surface area (Å²) >= 11 is 5.78. The maximum atomic E-state index is 11.9. The van der Waals surface area contributed by atoms with Gasteiger partial charge in [0.25, 0.3) is 5.91 Å². The largest absolute Gasteiger partial charge is 0.507 e. The first kappa shape index (κ1) is 17.8. The third-order valence-corrected chi connectivity index (χ3v) is 4.14. The number of hydrogen-bond acceptors (Lipinski definition) is 4. The molecule has 26 heavy (non-hydrogen) atoms. The number of aromatic hydroxyl groups is 1. The molecule has 1 amide bonds. The molecule has 0 saturated heterocycles. The van der Waals surface area contributed by atoms with E-state index in [4.69, 9.17) is 16.3 Å². The lowest BCUT2D eigenvalue weighted by Gasteiger charge is -2.07. The predicted molar refractivity (Wildman–Crippen MR) is 98.4 cm³/mol. The van der Waals surface area contributed by atoms with E-state index >= 15 is 0 Å². The number of benzene rings is 2. The quantitative estimate of drug-likeness (QED) is 0.580. The first-order valence-electron chi connectivity index (χ1n) is 8.02. The highest BCUT2D eigenvalue weighted by Gasteiger charge is 2.15. The van der Waals surface area contributed by atoms with Gasteiger partial charge in [-0.3, -0.25) is 4.79 Å². The Kier molecular flexibility index (Phi) is 5.43. The van der Waals surface area contributed by atoms with Crippen LogP contribution in [0.15, 0.2) is 48.7 Å². The molecule has 7 heteroatoms. The summed E-state index contributed by atoms with van der Waals surface area (Å²) in [5.41, 5.74) is 2.06. The van der Waals surface area contributed by atoms with Crippen molar-refractivity contribution in [1.82, 2.24) is 10.3 Å². The molecule has 0 aliphatic heterocycles. The Morgan fingerprint density at radius 2 is 2.00 bits per heavy atom. The number of rotatable bonds is 6. The Morgan fingerprint density at radius 1 is 1.19 bits per heavy atom. The fraction of sp³-hybridized carbons (Fsp3) is 0.158. The molecule has 1 aromatic heterocycles. The number of aromatic nitrogens is 1. The predicted octanol–water partition coefficient (Wildman–Crippen LogP) is 3.04. The molecule has 134 valence electrons. The fourth-order valence-electron chi connectivity index (χ4n) is 2.61. The molecule has 0 fully saturated rings. The van der Waals surface area contributed by atoms with Crippen molar-refractivity contribution in [2.24, 2.45) is 0 Å². The van der Waals surface area contributed by atoms with Crippen molar-refractivity contribution in [3.63, 3.8) is 0 Å². The van der Waals surface area contributed by atoms with Crippen molar-refractivity contribution in [3.05, 3.63) is 64.8 Å². The molecule has 0 spiro atoms. The van der Waals surface area contributed by atoms with Crippen LogP contribution in [0.2, 0.25) is 5.02 Å². The second kappa shape index (κ2) is 7.93. The highest BCUT2D eigenvalue weighted by molar-refractivity contribution is 6.31. The number of amides is 1. The lowest BCUT2D eigenvalue weighted by Crippen LogP contribution is -2.30. The number of carbonyl (C=O) groups is 2. The summed E-state index contributed by atoms with van der Waals surface area (Å²) in [4.78, 5) is 26.9. The Morgan fingerprint density at radius 3 is 2.85 bits per heavy atom. The van der Waals surface area contributed by atoms with Gasteiger partial charge in [-0.15, -0.1) is 0 Å². The number of fused-ring (bicyclic) bond motifs is 1. The Balaban J connectivity index is 1.47. The van der Waals surface area contributed by atoms with E-state index in [-0.39, 0.29) is 16.3 Å². The second-order valence-electron chi connectivity index (χ2n) is 5.70. The van der Waals surface area contributed by atoms with E-state index in [0.29, 0.717) is 13.0 Å². The third kappa shape index (κ3) is 4.15. The molecule has 3 N–H and O–H groups in total. The summed E-state index contributed by atoms with van der Waals surface area (Å²) in [7, 11) is 0. The Labute approximate surface area is 154 Å². The molecule has 0 atom stereocenters. The normalized spacial score (nSPS) is 10.7. The number of carbonyl (C=O) groups excluding carboxylic acids is 2. The molecule has 0 aliphatic rings. The lowest BCUT2D eigenvalue weighted by molar-refractivity contribution is -0.124. The van der Waals surface area contributed by atoms with E-state index in [0.717, 1.165) is 16.5 Å². The number of phenolic OH excluding ortho intramolecular Hbond substituents is 1. The van der Waals surface area contributed by atoms with E-state index in [2.05, 4.69) is 10.3 Å². The monoisotopic (exact) mass is 372 g/mol. The van der Waals surface area contributed by atoms with Crippen molar-refractivity contribution < 1.29 is 19.4 Å². The van der Waals surface area contributed by atoms with Gasteiger partial charge in [-0.1, -0.05) is 29.8 Å². The SMILES string of the molecule is O=C(COC(=O)c1cc(Cl)ccc1O)NCCc1c[nH]c2ccccc12. The molecule has 3 rings (SSSR count). The van der Waals surface area contributed by atoms with Gasteiger partial charge in [0.2, 0.25) is 0 Å². The molecule has 3 aromatic rings. The standard InChI is InChI=1S/C19H17ClN2O4/c20-13-5-6-17(23)15(9-13)19(25)26-11-18(24)21-8-7-12-10-22-16-4-2-1-3-14(12)16/h1-6,9-10,22-23H,7-8,11H2,(H,21,24). The minimum atomic E-state index is -0.809. The zero-order chi connectivity index (χ0) is 18.5. The van der Waals surface area contributed by atoms with Gasteiger partial charge in [0.15, 0.2) is 6.61 Å². The molecule has 0 unspecified atom stereocenters. The molecular weight excluding hydrogens is 356 g/mol. The smallest absolute Gasteiger partial charge is 0.342 e. The van der Waals surface area contributed by atoms with E-state index < -0.39 is 18.5 Å². The van der Waals surface area contributed by atoms with Gasteiger partial charge in [-0.2, -0.15) is 0 Å². The number of phenols is 1. The van der Waals surface area contributed by atoms with E-state index in [1.54, 1.807) is 0 Å². The van der Waals surface area contributed by atoms with Gasteiger partial charge in [0.05, 0.1) is 0 Å². The maximum absolute atomic E-state index is 11.9. The van der Waals surface area contributed by atoms with Crippen LogP contribution in [0.1, 0.15) is 15.9 Å². The number of para-hydroxylation sites is 1. The number of nitrogens with one attached hydrogen (secondary N) is 2. The average Bonchev–Trinajstić information content (AvgIpc) is 3.05. The molecule has 2 aromatic carbocycles. The number of hydrogen-bond donors (Lipinski definition) is 3. The summed E-state index contributed by atoms with van der Waals surface area (Å²) < 4.78 is 4.91. The van der Waals surface area contributed by atoms with Crippen molar-refractivity contribution >= 4 is 34.4 Å². The first-order chi connectivity index (χ1) is 12.5. The number of ether oxygens (including phenoxy) is 1. The van der Waals surface area contributed by atoms with Gasteiger partial charge < -0.3 is 20.1 Å². The summed E-state index contributed by atoms with van der Waals surface area (Å²) in [5, 5.41) is 13.7. The maximum Gasteiger partial charge on any atom is 0.342 e. The first-order valence-corrected chi connectivity index (χ1v) is 8.39. The molecule has 0 saturated carbocycles. The van der Waals surface area contributed by atoms with Crippen LogP contribution in [0.25, 0.3) is 10.9 Å². The Hall–Kier alpha value is -2.99. The Bertz CT molecular complexity index is 952. The van der Waals surface area contributed by atoms with Crippen LogP contribution >= 0.6 is 11.6 Å². The van der Waals surface area contributed by atoms with Crippen LogP contribution in [0.5, 0.6) is 5.75 Å². The second-order valence-corrected chi connectivity index (χ2v) is 6.13. The molecule has 0 radical (unpaired) electrons. The molecular formula is C19H17ClN2O4. The van der Waals surface area contributed by atoms with Crippen molar-refractivity contribution in [3.8, 4) is 5.75 Å². The number of esters is 1. The van der Waals surface area contributed by atoms with Crippen LogP contribution in [0.3, 0.4) is 0 Å². The van der Waals surface area contributed by atoms with Gasteiger partial charge in [0, 0.05) is 28.7 Å². The fourth-order valence-corrected chi connectivity index (χ4v) is 2.78. The van der Waals surface area contributed by atoms with E-state index in [9.17, 15) is 14.7 Å². The van der Waals surface area contributed by atoms with Gasteiger partial charge in [0.1, 0.15) is 11.3 Å². The number of aromatic amines is 1. The minimum absolute atomic E-state index is 0.0795. The van der Waals surface area contributed by atoms with E-state index in [1.807, 2.05) is 30.5 Å². The van der Waals surface area contributed by atoms with Crippen LogP contribution in [-0.2, 0) is 16.0 Å². The zero-order valence-corrected chi connectivity index (χ0v) is 14.5. The van der Waals surface area contributed by atoms with Crippen LogP contribution < -0.4 is 5.32 Å². The molecule has 0 bridgehead atoms. The van der Waals surface area contributed by atoms with Gasteiger partial charge in [-0.25, -0.2) is 4.79 Å². The van der Waals surface area contributed by atoms with Crippen molar-refractivity contribution in [2.45, 2.75) is 6.42 Å². The topological polar surface area (TPSA) is 91.4 Å². The molecule has 0 aliphatic carbocycles. The lowest BCUT2D eigenvalue weighted by atomic mass is 10.1. The number of H-pyrrole nitrogens is 1.